The fourth-order valence-electron chi connectivity index (χ4n) is 2.40. The highest BCUT2D eigenvalue weighted by Crippen LogP contribution is 2.42. The van der Waals surface area contributed by atoms with Gasteiger partial charge in [-0.2, -0.15) is 0 Å². The third-order valence-corrected chi connectivity index (χ3v) is 6.85. The normalized spacial score (nSPS) is 11.4. The molecule has 0 saturated carbocycles. The maximum atomic E-state index is 13.9. The Kier molecular flexibility index (Phi) is 4.15. The Morgan fingerprint density at radius 3 is 1.68 bits per heavy atom. The summed E-state index contributed by atoms with van der Waals surface area (Å²) in [7, 11) is -3.07. The summed E-state index contributed by atoms with van der Waals surface area (Å²) < 4.78 is 27.4. The Balaban J connectivity index is 2.28. The molecule has 0 aromatic heterocycles. The van der Waals surface area contributed by atoms with Crippen LogP contribution in [0.3, 0.4) is 0 Å². The van der Waals surface area contributed by atoms with Crippen LogP contribution in [-0.4, -0.2) is 0 Å². The zero-order valence-corrected chi connectivity index (χ0v) is 13.3. The van der Waals surface area contributed by atoms with Crippen LogP contribution in [0, 0.1) is 5.82 Å². The quantitative estimate of drug-likeness (QED) is 0.660. The molecule has 0 N–H and O–H groups in total. The minimum absolute atomic E-state index is 0.0235. The SMILES string of the molecule is O=P(c1ccccc1)(c1ccccc1)c1ccc(F)c(Cl)c1. The Morgan fingerprint density at radius 1 is 0.727 bits per heavy atom. The van der Waals surface area contributed by atoms with Gasteiger partial charge in [0.15, 0.2) is 7.14 Å². The molecule has 0 radical (unpaired) electrons. The Morgan fingerprint density at radius 2 is 1.23 bits per heavy atom. The highest BCUT2D eigenvalue weighted by atomic mass is 35.5. The van der Waals surface area contributed by atoms with Crippen LogP contribution in [0.15, 0.2) is 78.9 Å². The average molecular weight is 331 g/mol. The summed E-state index contributed by atoms with van der Waals surface area (Å²) in [6.07, 6.45) is 0. The molecule has 3 aromatic carbocycles. The third kappa shape index (κ3) is 2.61. The lowest BCUT2D eigenvalue weighted by Gasteiger charge is -2.20. The van der Waals surface area contributed by atoms with Gasteiger partial charge < -0.3 is 4.57 Å². The topological polar surface area (TPSA) is 17.1 Å². The molecule has 0 unspecified atom stereocenters. The van der Waals surface area contributed by atoms with Crippen molar-refractivity contribution in [1.29, 1.82) is 0 Å². The molecule has 0 spiro atoms. The van der Waals surface area contributed by atoms with Crippen molar-refractivity contribution in [3.8, 4) is 0 Å². The maximum absolute atomic E-state index is 13.9. The first-order valence-electron chi connectivity index (χ1n) is 6.79. The molecule has 3 aromatic rings. The van der Waals surface area contributed by atoms with Gasteiger partial charge in [-0.15, -0.1) is 0 Å². The summed E-state index contributed by atoms with van der Waals surface area (Å²) in [5.41, 5.74) is 0. The zero-order valence-electron chi connectivity index (χ0n) is 11.6. The fraction of sp³-hybridized carbons (Fsp3) is 0. The molecule has 0 aliphatic rings. The molecule has 22 heavy (non-hydrogen) atoms. The van der Waals surface area contributed by atoms with Gasteiger partial charge in [0.05, 0.1) is 5.02 Å². The number of hydrogen-bond acceptors (Lipinski definition) is 1. The van der Waals surface area contributed by atoms with Crippen molar-refractivity contribution in [2.45, 2.75) is 0 Å². The average Bonchev–Trinajstić information content (AvgIpc) is 2.58. The molecule has 3 rings (SSSR count). The van der Waals surface area contributed by atoms with E-state index < -0.39 is 13.0 Å². The van der Waals surface area contributed by atoms with E-state index >= 15 is 0 Å². The molecule has 0 bridgehead atoms. The van der Waals surface area contributed by atoms with Crippen LogP contribution in [0.2, 0.25) is 5.02 Å². The van der Waals surface area contributed by atoms with Crippen LogP contribution >= 0.6 is 18.7 Å². The second-order valence-corrected chi connectivity index (χ2v) is 8.05. The van der Waals surface area contributed by atoms with Crippen LogP contribution in [0.4, 0.5) is 4.39 Å². The molecule has 1 nitrogen and oxygen atoms in total. The summed E-state index contributed by atoms with van der Waals surface area (Å²) in [6.45, 7) is 0. The monoisotopic (exact) mass is 330 g/mol. The first kappa shape index (κ1) is 15.0. The van der Waals surface area contributed by atoms with Crippen molar-refractivity contribution in [1.82, 2.24) is 0 Å². The van der Waals surface area contributed by atoms with Gasteiger partial charge in [-0.25, -0.2) is 4.39 Å². The van der Waals surface area contributed by atoms with E-state index in [4.69, 9.17) is 11.6 Å². The van der Waals surface area contributed by atoms with Crippen molar-refractivity contribution < 1.29 is 8.96 Å². The lowest BCUT2D eigenvalue weighted by Crippen LogP contribution is -2.25. The summed E-state index contributed by atoms with van der Waals surface area (Å²) >= 11 is 5.90. The number of halogens is 2. The standard InChI is InChI=1S/C18H13ClFOP/c19-17-13-16(11-12-18(17)20)22(21,14-7-3-1-4-8-14)15-9-5-2-6-10-15/h1-13H. The van der Waals surface area contributed by atoms with Crippen LogP contribution in [0.5, 0.6) is 0 Å². The van der Waals surface area contributed by atoms with E-state index in [1.807, 2.05) is 60.7 Å². The minimum Gasteiger partial charge on any atom is -0.309 e. The first-order valence-corrected chi connectivity index (χ1v) is 8.88. The van der Waals surface area contributed by atoms with Crippen LogP contribution in [0.1, 0.15) is 0 Å². The third-order valence-electron chi connectivity index (χ3n) is 3.51. The Bertz CT molecular complexity index is 791. The minimum atomic E-state index is -3.07. The molecule has 0 aliphatic heterocycles. The van der Waals surface area contributed by atoms with Gasteiger partial charge in [-0.3, -0.25) is 0 Å². The number of benzene rings is 3. The van der Waals surface area contributed by atoms with E-state index in [0.29, 0.717) is 15.9 Å². The fourth-order valence-corrected chi connectivity index (χ4v) is 5.33. The van der Waals surface area contributed by atoms with Crippen molar-refractivity contribution >= 4 is 34.7 Å². The summed E-state index contributed by atoms with van der Waals surface area (Å²) in [5, 5.41) is 1.90. The second-order valence-electron chi connectivity index (χ2n) is 4.88. The summed E-state index contributed by atoms with van der Waals surface area (Å²) in [4.78, 5) is 0. The first-order chi connectivity index (χ1) is 10.6. The molecular weight excluding hydrogens is 318 g/mol. The van der Waals surface area contributed by atoms with Gasteiger partial charge in [0.1, 0.15) is 5.82 Å². The smallest absolute Gasteiger partial charge is 0.171 e. The highest BCUT2D eigenvalue weighted by molar-refractivity contribution is 7.85. The van der Waals surface area contributed by atoms with Gasteiger partial charge in [0.2, 0.25) is 0 Å². The van der Waals surface area contributed by atoms with Crippen molar-refractivity contribution in [2.75, 3.05) is 0 Å². The summed E-state index contributed by atoms with van der Waals surface area (Å²) in [5.74, 6) is -0.516. The second kappa shape index (κ2) is 6.08. The molecule has 0 amide bonds. The molecule has 0 fully saturated rings. The lowest BCUT2D eigenvalue weighted by molar-refractivity contribution is 0.592. The molecular formula is C18H13ClFOP. The molecule has 0 saturated heterocycles. The van der Waals surface area contributed by atoms with Crippen molar-refractivity contribution in [3.63, 3.8) is 0 Å². The van der Waals surface area contributed by atoms with Crippen molar-refractivity contribution in [2.24, 2.45) is 0 Å². The highest BCUT2D eigenvalue weighted by Gasteiger charge is 2.29. The van der Waals surface area contributed by atoms with E-state index in [9.17, 15) is 8.96 Å². The molecule has 0 aliphatic carbocycles. The largest absolute Gasteiger partial charge is 0.309 e. The van der Waals surface area contributed by atoms with Gasteiger partial charge in [-0.05, 0) is 18.2 Å². The van der Waals surface area contributed by atoms with Crippen molar-refractivity contribution in [3.05, 3.63) is 89.7 Å². The summed E-state index contributed by atoms with van der Waals surface area (Å²) in [6, 6.07) is 22.7. The van der Waals surface area contributed by atoms with Gasteiger partial charge in [-0.1, -0.05) is 72.3 Å². The Hall–Kier alpha value is -1.89. The molecule has 4 heteroatoms. The van der Waals surface area contributed by atoms with Gasteiger partial charge in [0.25, 0.3) is 0 Å². The van der Waals surface area contributed by atoms with Crippen LogP contribution in [0.25, 0.3) is 0 Å². The van der Waals surface area contributed by atoms with Gasteiger partial charge in [0, 0.05) is 15.9 Å². The number of hydrogen-bond donors (Lipinski definition) is 0. The maximum Gasteiger partial charge on any atom is 0.171 e. The van der Waals surface area contributed by atoms with Crippen LogP contribution < -0.4 is 15.9 Å². The molecule has 0 atom stereocenters. The predicted octanol–water partition coefficient (Wildman–Crippen LogP) is 4.12. The van der Waals surface area contributed by atoms with E-state index in [1.54, 1.807) is 6.07 Å². The zero-order chi connectivity index (χ0) is 15.6. The number of rotatable bonds is 3. The van der Waals surface area contributed by atoms with Crippen LogP contribution in [-0.2, 0) is 4.57 Å². The van der Waals surface area contributed by atoms with Gasteiger partial charge >= 0.3 is 0 Å². The van der Waals surface area contributed by atoms with E-state index in [1.165, 1.54) is 12.1 Å². The predicted molar refractivity (Wildman–Crippen MR) is 90.8 cm³/mol. The Labute approximate surface area is 133 Å². The molecule has 110 valence electrons. The van der Waals surface area contributed by atoms with E-state index in [0.717, 1.165) is 0 Å². The molecule has 0 heterocycles. The van der Waals surface area contributed by atoms with E-state index in [2.05, 4.69) is 0 Å². The lowest BCUT2D eigenvalue weighted by atomic mass is 10.3. The van der Waals surface area contributed by atoms with E-state index in [-0.39, 0.29) is 5.02 Å².